The van der Waals surface area contributed by atoms with Crippen LogP contribution >= 0.6 is 0 Å². The summed E-state index contributed by atoms with van der Waals surface area (Å²) < 4.78 is 16.9. The molecule has 6 heteroatoms. The summed E-state index contributed by atoms with van der Waals surface area (Å²) in [6, 6.07) is 14.8. The zero-order chi connectivity index (χ0) is 19.6. The third-order valence-electron chi connectivity index (χ3n) is 4.29. The maximum absolute atomic E-state index is 12.3. The van der Waals surface area contributed by atoms with Gasteiger partial charge in [0.05, 0.1) is 18.3 Å². The summed E-state index contributed by atoms with van der Waals surface area (Å²) in [5, 5.41) is 5.99. The van der Waals surface area contributed by atoms with Crippen molar-refractivity contribution in [1.29, 1.82) is 0 Å². The van der Waals surface area contributed by atoms with Gasteiger partial charge in [0.1, 0.15) is 24.7 Å². The molecule has 1 atom stereocenters. The molecule has 1 saturated heterocycles. The predicted molar refractivity (Wildman–Crippen MR) is 110 cm³/mol. The van der Waals surface area contributed by atoms with E-state index in [9.17, 15) is 4.79 Å². The molecule has 1 fully saturated rings. The average molecular weight is 382 g/mol. The Labute approximate surface area is 165 Å². The van der Waals surface area contributed by atoms with Crippen LogP contribution in [0.1, 0.15) is 12.8 Å². The summed E-state index contributed by atoms with van der Waals surface area (Å²) in [5.74, 6) is 1.25. The van der Waals surface area contributed by atoms with Gasteiger partial charge in [-0.25, -0.2) is 0 Å². The first-order valence-electron chi connectivity index (χ1n) is 9.45. The van der Waals surface area contributed by atoms with Crippen molar-refractivity contribution in [2.75, 3.05) is 37.0 Å². The highest BCUT2D eigenvalue weighted by Gasteiger charge is 2.17. The topological polar surface area (TPSA) is 68.8 Å². The van der Waals surface area contributed by atoms with E-state index < -0.39 is 0 Å². The monoisotopic (exact) mass is 382 g/mol. The Kier molecular flexibility index (Phi) is 7.32. The summed E-state index contributed by atoms with van der Waals surface area (Å²) in [6.45, 7) is 5.51. The maximum Gasteiger partial charge on any atom is 0.243 e. The summed E-state index contributed by atoms with van der Waals surface area (Å²) in [7, 11) is 0. The molecule has 2 aromatic rings. The lowest BCUT2D eigenvalue weighted by Crippen LogP contribution is -2.22. The van der Waals surface area contributed by atoms with Gasteiger partial charge in [-0.2, -0.15) is 0 Å². The van der Waals surface area contributed by atoms with Crippen LogP contribution in [-0.2, 0) is 9.53 Å². The zero-order valence-corrected chi connectivity index (χ0v) is 15.9. The number of anilines is 2. The van der Waals surface area contributed by atoms with Crippen molar-refractivity contribution in [3.05, 3.63) is 61.2 Å². The molecule has 3 rings (SSSR count). The van der Waals surface area contributed by atoms with Gasteiger partial charge in [0, 0.05) is 12.3 Å². The third kappa shape index (κ3) is 6.03. The fraction of sp³-hybridized carbons (Fsp3) is 0.318. The third-order valence-corrected chi connectivity index (χ3v) is 4.29. The Morgan fingerprint density at radius 3 is 2.75 bits per heavy atom. The Hall–Kier alpha value is -2.99. The molecular formula is C22H26N2O4. The Morgan fingerprint density at radius 2 is 2.00 bits per heavy atom. The van der Waals surface area contributed by atoms with Crippen LogP contribution in [0.15, 0.2) is 61.2 Å². The number of rotatable bonds is 10. The Balaban J connectivity index is 1.48. The molecule has 1 amide bonds. The molecule has 1 aliphatic heterocycles. The van der Waals surface area contributed by atoms with E-state index in [1.165, 1.54) is 0 Å². The molecular weight excluding hydrogens is 356 g/mol. The standard InChI is InChI=1S/C22H26N2O4/c1-2-13-26-18-11-9-17(10-12-18)23-15-22(25)24-20-7-3-4-8-21(20)28-16-19-6-5-14-27-19/h2-4,7-12,19,23H,1,5-6,13-16H2,(H,24,25). The van der Waals surface area contributed by atoms with E-state index in [4.69, 9.17) is 14.2 Å². The molecule has 148 valence electrons. The van der Waals surface area contributed by atoms with Crippen molar-refractivity contribution in [3.8, 4) is 11.5 Å². The molecule has 2 aromatic carbocycles. The predicted octanol–water partition coefficient (Wildman–Crippen LogP) is 3.86. The first kappa shape index (κ1) is 19.8. The lowest BCUT2D eigenvalue weighted by atomic mass is 10.2. The second-order valence-electron chi connectivity index (χ2n) is 6.47. The molecule has 0 bridgehead atoms. The fourth-order valence-electron chi connectivity index (χ4n) is 2.86. The van der Waals surface area contributed by atoms with Gasteiger partial charge >= 0.3 is 0 Å². The van der Waals surface area contributed by atoms with E-state index in [-0.39, 0.29) is 18.6 Å². The summed E-state index contributed by atoms with van der Waals surface area (Å²) in [6.07, 6.45) is 3.90. The fourth-order valence-corrected chi connectivity index (χ4v) is 2.86. The molecule has 1 unspecified atom stereocenters. The molecule has 1 aliphatic rings. The van der Waals surface area contributed by atoms with Crippen molar-refractivity contribution >= 4 is 17.3 Å². The number of amides is 1. The van der Waals surface area contributed by atoms with E-state index in [0.717, 1.165) is 30.9 Å². The highest BCUT2D eigenvalue weighted by Crippen LogP contribution is 2.25. The number of ether oxygens (including phenoxy) is 3. The van der Waals surface area contributed by atoms with Crippen molar-refractivity contribution in [2.45, 2.75) is 18.9 Å². The number of benzene rings is 2. The summed E-state index contributed by atoms with van der Waals surface area (Å²) in [5.41, 5.74) is 1.49. The average Bonchev–Trinajstić information content (AvgIpc) is 3.24. The zero-order valence-electron chi connectivity index (χ0n) is 15.9. The lowest BCUT2D eigenvalue weighted by molar-refractivity contribution is -0.114. The Bertz CT molecular complexity index is 770. The van der Waals surface area contributed by atoms with Gasteiger partial charge in [-0.1, -0.05) is 24.8 Å². The molecule has 0 aliphatic carbocycles. The van der Waals surface area contributed by atoms with Gasteiger partial charge in [0.2, 0.25) is 5.91 Å². The second kappa shape index (κ2) is 10.4. The Morgan fingerprint density at radius 1 is 1.18 bits per heavy atom. The van der Waals surface area contributed by atoms with Gasteiger partial charge in [-0.3, -0.25) is 4.79 Å². The minimum Gasteiger partial charge on any atom is -0.490 e. The molecule has 0 radical (unpaired) electrons. The van der Waals surface area contributed by atoms with Crippen LogP contribution < -0.4 is 20.1 Å². The number of carbonyl (C=O) groups is 1. The van der Waals surface area contributed by atoms with Crippen molar-refractivity contribution in [3.63, 3.8) is 0 Å². The van der Waals surface area contributed by atoms with E-state index in [2.05, 4.69) is 17.2 Å². The molecule has 6 nitrogen and oxygen atoms in total. The van der Waals surface area contributed by atoms with Crippen molar-refractivity contribution in [2.24, 2.45) is 0 Å². The first-order chi connectivity index (χ1) is 13.7. The quantitative estimate of drug-likeness (QED) is 0.611. The number of carbonyl (C=O) groups excluding carboxylic acids is 1. The van der Waals surface area contributed by atoms with Crippen molar-refractivity contribution in [1.82, 2.24) is 0 Å². The van der Waals surface area contributed by atoms with Crippen LogP contribution in [0.2, 0.25) is 0 Å². The number of para-hydroxylation sites is 2. The van der Waals surface area contributed by atoms with Gasteiger partial charge in [-0.15, -0.1) is 0 Å². The van der Waals surface area contributed by atoms with Gasteiger partial charge in [0.25, 0.3) is 0 Å². The van der Waals surface area contributed by atoms with E-state index in [1.807, 2.05) is 48.5 Å². The number of nitrogens with one attached hydrogen (secondary N) is 2. The minimum absolute atomic E-state index is 0.129. The molecule has 2 N–H and O–H groups in total. The van der Waals surface area contributed by atoms with Gasteiger partial charge in [0.15, 0.2) is 0 Å². The van der Waals surface area contributed by atoms with Crippen LogP contribution in [0, 0.1) is 0 Å². The van der Waals surface area contributed by atoms with Gasteiger partial charge in [-0.05, 0) is 49.2 Å². The van der Waals surface area contributed by atoms with Gasteiger partial charge < -0.3 is 24.8 Å². The minimum atomic E-state index is -0.153. The molecule has 28 heavy (non-hydrogen) atoms. The first-order valence-corrected chi connectivity index (χ1v) is 9.45. The summed E-state index contributed by atoms with van der Waals surface area (Å²) in [4.78, 5) is 12.3. The smallest absolute Gasteiger partial charge is 0.243 e. The van der Waals surface area contributed by atoms with Crippen LogP contribution in [0.5, 0.6) is 11.5 Å². The molecule has 1 heterocycles. The molecule has 0 aromatic heterocycles. The highest BCUT2D eigenvalue weighted by atomic mass is 16.5. The summed E-state index contributed by atoms with van der Waals surface area (Å²) >= 11 is 0. The van der Waals surface area contributed by atoms with Crippen LogP contribution in [0.25, 0.3) is 0 Å². The lowest BCUT2D eigenvalue weighted by Gasteiger charge is -2.15. The maximum atomic E-state index is 12.3. The van der Waals surface area contributed by atoms with E-state index in [0.29, 0.717) is 24.7 Å². The normalized spacial score (nSPS) is 15.6. The molecule has 0 spiro atoms. The highest BCUT2D eigenvalue weighted by molar-refractivity contribution is 5.95. The van der Waals surface area contributed by atoms with Crippen LogP contribution in [0.3, 0.4) is 0 Å². The van der Waals surface area contributed by atoms with E-state index >= 15 is 0 Å². The SMILES string of the molecule is C=CCOc1ccc(NCC(=O)Nc2ccccc2OCC2CCCO2)cc1. The van der Waals surface area contributed by atoms with Crippen LogP contribution in [-0.4, -0.2) is 38.4 Å². The second-order valence-corrected chi connectivity index (χ2v) is 6.47. The van der Waals surface area contributed by atoms with Crippen LogP contribution in [0.4, 0.5) is 11.4 Å². The van der Waals surface area contributed by atoms with E-state index in [1.54, 1.807) is 6.08 Å². The number of hydrogen-bond acceptors (Lipinski definition) is 5. The van der Waals surface area contributed by atoms with Crippen molar-refractivity contribution < 1.29 is 19.0 Å². The largest absolute Gasteiger partial charge is 0.490 e. The molecule has 0 saturated carbocycles. The number of hydrogen-bond donors (Lipinski definition) is 2.